The summed E-state index contributed by atoms with van der Waals surface area (Å²) in [5.74, 6) is 0.707. The van der Waals surface area contributed by atoms with Crippen molar-refractivity contribution in [2.75, 3.05) is 0 Å². The Balaban J connectivity index is 0.000000890. The number of ether oxygens (including phenoxy) is 2. The Bertz CT molecular complexity index is 936. The van der Waals surface area contributed by atoms with Crippen LogP contribution in [0.2, 0.25) is 0 Å². The molecular weight excluding hydrogens is 432 g/mol. The standard InChI is InChI=1S/C26H31O2S.C2H4O2/c1-25(2,3)27-20-12-16-23(17-13-20)29(22-10-8-7-9-11-22)24-18-14-21(15-19-24)28-26(4,5)6;1-2(3)4/h7-19H,1-6H3;1H3,(H,3,4)/q+1;/p-1. The first-order valence-electron chi connectivity index (χ1n) is 10.9. The van der Waals surface area contributed by atoms with Crippen molar-refractivity contribution in [3.8, 4) is 11.5 Å². The molecular formula is C28H34O4S. The van der Waals surface area contributed by atoms with Gasteiger partial charge in [0, 0.05) is 5.97 Å². The summed E-state index contributed by atoms with van der Waals surface area (Å²) in [5.41, 5.74) is -0.406. The van der Waals surface area contributed by atoms with E-state index in [-0.39, 0.29) is 22.1 Å². The van der Waals surface area contributed by atoms with E-state index in [1.54, 1.807) is 0 Å². The zero-order valence-corrected chi connectivity index (χ0v) is 21.4. The molecule has 0 aliphatic carbocycles. The molecule has 3 aromatic rings. The molecule has 3 rings (SSSR count). The van der Waals surface area contributed by atoms with E-state index in [1.807, 2.05) is 0 Å². The van der Waals surface area contributed by atoms with Gasteiger partial charge in [0.25, 0.3) is 0 Å². The van der Waals surface area contributed by atoms with Crippen molar-refractivity contribution >= 4 is 16.9 Å². The largest absolute Gasteiger partial charge is 0.550 e. The molecule has 0 radical (unpaired) electrons. The van der Waals surface area contributed by atoms with E-state index in [2.05, 4.69) is 120 Å². The summed E-state index contributed by atoms with van der Waals surface area (Å²) in [4.78, 5) is 12.7. The molecule has 0 fully saturated rings. The molecule has 0 atom stereocenters. The number of carbonyl (C=O) groups excluding carboxylic acids is 1. The van der Waals surface area contributed by atoms with Gasteiger partial charge < -0.3 is 19.4 Å². The lowest BCUT2D eigenvalue weighted by Gasteiger charge is -2.21. The smallest absolute Gasteiger partial charge is 0.166 e. The van der Waals surface area contributed by atoms with E-state index in [1.165, 1.54) is 14.7 Å². The van der Waals surface area contributed by atoms with Gasteiger partial charge in [0.15, 0.2) is 14.7 Å². The lowest BCUT2D eigenvalue weighted by atomic mass is 10.2. The molecule has 4 nitrogen and oxygen atoms in total. The predicted octanol–water partition coefficient (Wildman–Crippen LogP) is 5.89. The Labute approximate surface area is 200 Å². The van der Waals surface area contributed by atoms with Crippen LogP contribution in [0.3, 0.4) is 0 Å². The quantitative estimate of drug-likeness (QED) is 0.440. The molecule has 0 unspecified atom stereocenters. The fourth-order valence-corrected chi connectivity index (χ4v) is 5.02. The third-order valence-corrected chi connectivity index (χ3v) is 6.18. The molecule has 0 aliphatic heterocycles. The van der Waals surface area contributed by atoms with Gasteiger partial charge in [-0.25, -0.2) is 0 Å². The Morgan fingerprint density at radius 3 is 1.24 bits per heavy atom. The zero-order valence-electron chi connectivity index (χ0n) is 20.5. The van der Waals surface area contributed by atoms with Crippen molar-refractivity contribution in [1.29, 1.82) is 0 Å². The van der Waals surface area contributed by atoms with Gasteiger partial charge in [0.2, 0.25) is 0 Å². The minimum atomic E-state index is -1.08. The van der Waals surface area contributed by atoms with E-state index < -0.39 is 5.97 Å². The van der Waals surface area contributed by atoms with E-state index in [9.17, 15) is 0 Å². The fourth-order valence-electron chi connectivity index (χ4n) is 2.96. The Kier molecular flexibility index (Phi) is 9.00. The first-order chi connectivity index (χ1) is 15.3. The van der Waals surface area contributed by atoms with Crippen molar-refractivity contribution < 1.29 is 19.4 Å². The van der Waals surface area contributed by atoms with Gasteiger partial charge in [-0.3, -0.25) is 0 Å². The molecule has 0 saturated carbocycles. The van der Waals surface area contributed by atoms with Gasteiger partial charge >= 0.3 is 0 Å². The summed E-state index contributed by atoms with van der Waals surface area (Å²) in [7, 11) is -0.189. The van der Waals surface area contributed by atoms with Crippen LogP contribution in [0, 0.1) is 0 Å². The minimum absolute atomic E-state index is 0.189. The van der Waals surface area contributed by atoms with Gasteiger partial charge in [0.05, 0.1) is 10.9 Å². The normalized spacial score (nSPS) is 11.4. The molecule has 0 spiro atoms. The summed E-state index contributed by atoms with van der Waals surface area (Å²) in [6.07, 6.45) is 0. The van der Waals surface area contributed by atoms with E-state index in [0.29, 0.717) is 0 Å². The average molecular weight is 467 g/mol. The summed E-state index contributed by atoms with van der Waals surface area (Å²) in [5, 5.41) is 8.89. The lowest BCUT2D eigenvalue weighted by Crippen LogP contribution is -2.23. The number of carboxylic acids is 1. The number of aliphatic carboxylic acids is 1. The van der Waals surface area contributed by atoms with Crippen LogP contribution >= 0.6 is 0 Å². The number of benzene rings is 3. The SMILES string of the molecule is CC(=O)[O-].CC(C)(C)Oc1ccc([S+](c2ccccc2)c2ccc(OC(C)(C)C)cc2)cc1. The average Bonchev–Trinajstić information content (AvgIpc) is 2.69. The zero-order chi connectivity index (χ0) is 24.6. The van der Waals surface area contributed by atoms with Gasteiger partial charge in [-0.05, 0) is 109 Å². The second kappa shape index (κ2) is 11.3. The van der Waals surface area contributed by atoms with Gasteiger partial charge in [0.1, 0.15) is 22.7 Å². The maximum atomic E-state index is 8.89. The van der Waals surface area contributed by atoms with Gasteiger partial charge in [-0.2, -0.15) is 0 Å². The van der Waals surface area contributed by atoms with Crippen LogP contribution < -0.4 is 14.6 Å². The summed E-state index contributed by atoms with van der Waals surface area (Å²) in [6.45, 7) is 13.4. The highest BCUT2D eigenvalue weighted by Crippen LogP contribution is 2.33. The van der Waals surface area contributed by atoms with Crippen molar-refractivity contribution in [2.24, 2.45) is 0 Å². The Hall–Kier alpha value is -2.92. The molecule has 5 heteroatoms. The molecule has 0 bridgehead atoms. The second-order valence-corrected chi connectivity index (χ2v) is 11.5. The van der Waals surface area contributed by atoms with Crippen LogP contribution in [0.1, 0.15) is 48.5 Å². The van der Waals surface area contributed by atoms with Crippen molar-refractivity contribution in [1.82, 2.24) is 0 Å². The molecule has 0 aromatic heterocycles. The predicted molar refractivity (Wildman–Crippen MR) is 133 cm³/mol. The van der Waals surface area contributed by atoms with E-state index >= 15 is 0 Å². The highest BCUT2D eigenvalue weighted by Gasteiger charge is 2.29. The monoisotopic (exact) mass is 466 g/mol. The third kappa shape index (κ3) is 9.62. The molecule has 0 amide bonds. The lowest BCUT2D eigenvalue weighted by molar-refractivity contribution is -0.302. The molecule has 33 heavy (non-hydrogen) atoms. The van der Waals surface area contributed by atoms with Gasteiger partial charge in [-0.15, -0.1) is 0 Å². The number of hydrogen-bond donors (Lipinski definition) is 0. The van der Waals surface area contributed by atoms with Crippen molar-refractivity contribution in [2.45, 2.75) is 74.4 Å². The molecule has 0 heterocycles. The Morgan fingerprint density at radius 2 is 0.939 bits per heavy atom. The molecule has 0 saturated heterocycles. The Morgan fingerprint density at radius 1 is 0.636 bits per heavy atom. The molecule has 176 valence electrons. The summed E-state index contributed by atoms with van der Waals surface area (Å²) >= 11 is 0. The first-order valence-corrected chi connectivity index (χ1v) is 12.1. The number of carboxylic acid groups (broad SMARTS) is 1. The van der Waals surface area contributed by atoms with Crippen LogP contribution in [0.25, 0.3) is 0 Å². The maximum absolute atomic E-state index is 8.89. The highest BCUT2D eigenvalue weighted by atomic mass is 32.2. The first kappa shape index (κ1) is 26.3. The van der Waals surface area contributed by atoms with Crippen molar-refractivity contribution in [3.63, 3.8) is 0 Å². The van der Waals surface area contributed by atoms with E-state index in [0.717, 1.165) is 18.4 Å². The topological polar surface area (TPSA) is 58.6 Å². The van der Waals surface area contributed by atoms with Crippen LogP contribution in [-0.4, -0.2) is 17.2 Å². The maximum Gasteiger partial charge on any atom is 0.166 e. The fraction of sp³-hybridized carbons (Fsp3) is 0.321. The van der Waals surface area contributed by atoms with Crippen LogP contribution in [0.4, 0.5) is 0 Å². The van der Waals surface area contributed by atoms with Crippen LogP contribution in [0.15, 0.2) is 93.5 Å². The van der Waals surface area contributed by atoms with Gasteiger partial charge in [-0.1, -0.05) is 18.2 Å². The van der Waals surface area contributed by atoms with Crippen molar-refractivity contribution in [3.05, 3.63) is 78.9 Å². The molecule has 3 aromatic carbocycles. The summed E-state index contributed by atoms with van der Waals surface area (Å²) < 4.78 is 12.0. The van der Waals surface area contributed by atoms with E-state index in [4.69, 9.17) is 19.4 Å². The summed E-state index contributed by atoms with van der Waals surface area (Å²) in [6, 6.07) is 27.6. The number of rotatable bonds is 5. The van der Waals surface area contributed by atoms with Crippen LogP contribution in [0.5, 0.6) is 11.5 Å². The second-order valence-electron chi connectivity index (χ2n) is 9.48. The van der Waals surface area contributed by atoms with Crippen LogP contribution in [-0.2, 0) is 15.7 Å². The number of hydrogen-bond acceptors (Lipinski definition) is 4. The highest BCUT2D eigenvalue weighted by molar-refractivity contribution is 7.97. The third-order valence-electron chi connectivity index (χ3n) is 3.95. The minimum Gasteiger partial charge on any atom is -0.550 e. The molecule has 0 N–H and O–H groups in total. The molecule has 0 aliphatic rings. The number of carbonyl (C=O) groups is 1.